The molecule has 0 saturated carbocycles. The van der Waals surface area contributed by atoms with Crippen molar-refractivity contribution in [1.29, 1.82) is 0 Å². The maximum atomic E-state index is 13.8. The summed E-state index contributed by atoms with van der Waals surface area (Å²) in [5, 5.41) is 3.44. The zero-order valence-corrected chi connectivity index (χ0v) is 20.8. The first-order chi connectivity index (χ1) is 16.2. The Morgan fingerprint density at radius 1 is 1.12 bits per heavy atom. The van der Waals surface area contributed by atoms with E-state index in [0.717, 1.165) is 77.3 Å². The Labute approximate surface area is 200 Å². The number of hydrogen-bond acceptors (Lipinski definition) is 6. The minimum atomic E-state index is -0.612. The van der Waals surface area contributed by atoms with Crippen LogP contribution >= 0.6 is 0 Å². The molecule has 0 unspecified atom stereocenters. The molecule has 3 aromatic rings. The van der Waals surface area contributed by atoms with Crippen LogP contribution in [0.4, 0.5) is 4.79 Å². The van der Waals surface area contributed by atoms with Crippen molar-refractivity contribution in [2.24, 2.45) is 0 Å². The van der Waals surface area contributed by atoms with Gasteiger partial charge in [0.15, 0.2) is 0 Å². The number of carbonyl (C=O) groups excluding carboxylic acids is 1. The highest BCUT2D eigenvalue weighted by molar-refractivity contribution is 5.98. The zero-order valence-electron chi connectivity index (χ0n) is 20.8. The molecule has 5 rings (SSSR count). The largest absolute Gasteiger partial charge is 0.443 e. The third-order valence-electron chi connectivity index (χ3n) is 6.57. The molecule has 2 aliphatic rings. The molecule has 180 valence electrons. The van der Waals surface area contributed by atoms with Gasteiger partial charge in [0.2, 0.25) is 0 Å². The molecule has 3 aromatic heterocycles. The predicted molar refractivity (Wildman–Crippen MR) is 132 cm³/mol. The van der Waals surface area contributed by atoms with Crippen molar-refractivity contribution in [2.45, 2.75) is 71.9 Å². The van der Waals surface area contributed by atoms with Gasteiger partial charge in [0.1, 0.15) is 5.60 Å². The molecule has 34 heavy (non-hydrogen) atoms. The van der Waals surface area contributed by atoms with E-state index in [9.17, 15) is 4.79 Å². The molecular formula is C27H34N4O3. The van der Waals surface area contributed by atoms with Gasteiger partial charge in [-0.05, 0) is 90.1 Å². The first-order valence-corrected chi connectivity index (χ1v) is 12.3. The molecule has 0 amide bonds. The molecule has 1 saturated heterocycles. The number of aryl methyl sites for hydroxylation is 2. The molecule has 2 aliphatic heterocycles. The molecular weight excluding hydrogens is 428 g/mol. The van der Waals surface area contributed by atoms with Crippen molar-refractivity contribution in [3.63, 3.8) is 0 Å². The third kappa shape index (κ3) is 4.34. The molecule has 1 N–H and O–H groups in total. The van der Waals surface area contributed by atoms with E-state index in [1.54, 1.807) is 4.57 Å². The number of nitrogens with one attached hydrogen (secondary N) is 1. The summed E-state index contributed by atoms with van der Waals surface area (Å²) in [6, 6.07) is 6.29. The standard InChI is InChI=1S/C27H34N4O3/c1-16-12-20(13-17(2)29-16)25-23(18-7-10-33-11-8-18)24-22(31(25)26(32)34-27(3,4)5)14-19-6-9-28-15-21(19)30-24/h12-14,18,28H,6-11,15H2,1-5H3. The fourth-order valence-corrected chi connectivity index (χ4v) is 5.23. The van der Waals surface area contributed by atoms with Crippen molar-refractivity contribution in [3.05, 3.63) is 46.4 Å². The van der Waals surface area contributed by atoms with Crippen LogP contribution in [0.3, 0.4) is 0 Å². The maximum absolute atomic E-state index is 13.8. The molecule has 0 radical (unpaired) electrons. The van der Waals surface area contributed by atoms with Gasteiger partial charge in [-0.15, -0.1) is 0 Å². The van der Waals surface area contributed by atoms with Gasteiger partial charge < -0.3 is 14.8 Å². The maximum Gasteiger partial charge on any atom is 0.419 e. The molecule has 7 nitrogen and oxygen atoms in total. The highest BCUT2D eigenvalue weighted by Gasteiger charge is 2.33. The topological polar surface area (TPSA) is 78.3 Å². The summed E-state index contributed by atoms with van der Waals surface area (Å²) in [5.74, 6) is 0.255. The number of pyridine rings is 2. The monoisotopic (exact) mass is 462 g/mol. The first kappa shape index (κ1) is 23.0. The average Bonchev–Trinajstić information content (AvgIpc) is 3.10. The summed E-state index contributed by atoms with van der Waals surface area (Å²) in [7, 11) is 0. The van der Waals surface area contributed by atoms with Crippen LogP contribution in [0, 0.1) is 13.8 Å². The van der Waals surface area contributed by atoms with Crippen LogP contribution in [-0.2, 0) is 22.4 Å². The molecule has 0 aromatic carbocycles. The lowest BCUT2D eigenvalue weighted by Gasteiger charge is -2.24. The van der Waals surface area contributed by atoms with Crippen LogP contribution < -0.4 is 5.32 Å². The van der Waals surface area contributed by atoms with Crippen molar-refractivity contribution in [1.82, 2.24) is 19.9 Å². The molecule has 5 heterocycles. The molecule has 0 atom stereocenters. The number of nitrogens with zero attached hydrogens (tertiary/aromatic N) is 3. The normalized spacial score (nSPS) is 17.1. The number of carbonyl (C=O) groups is 1. The average molecular weight is 463 g/mol. The van der Waals surface area contributed by atoms with Crippen LogP contribution in [0.1, 0.15) is 67.7 Å². The Bertz CT molecular complexity index is 1230. The van der Waals surface area contributed by atoms with Gasteiger partial charge in [-0.25, -0.2) is 14.3 Å². The van der Waals surface area contributed by atoms with Gasteiger partial charge in [0, 0.05) is 42.3 Å². The van der Waals surface area contributed by atoms with E-state index in [0.29, 0.717) is 13.2 Å². The van der Waals surface area contributed by atoms with Gasteiger partial charge in [-0.3, -0.25) is 4.98 Å². The summed E-state index contributed by atoms with van der Waals surface area (Å²) >= 11 is 0. The minimum absolute atomic E-state index is 0.255. The van der Waals surface area contributed by atoms with Gasteiger partial charge in [-0.2, -0.15) is 0 Å². The molecule has 0 bridgehead atoms. The third-order valence-corrected chi connectivity index (χ3v) is 6.57. The number of fused-ring (bicyclic) bond motifs is 2. The fourth-order valence-electron chi connectivity index (χ4n) is 5.23. The summed E-state index contributed by atoms with van der Waals surface area (Å²) < 4.78 is 13.4. The quantitative estimate of drug-likeness (QED) is 0.575. The highest BCUT2D eigenvalue weighted by atomic mass is 16.6. The first-order valence-electron chi connectivity index (χ1n) is 12.3. The Kier molecular flexibility index (Phi) is 5.94. The summed E-state index contributed by atoms with van der Waals surface area (Å²) in [6.45, 7) is 12.8. The zero-order chi connectivity index (χ0) is 24.0. The van der Waals surface area contributed by atoms with Crippen LogP contribution in [0.2, 0.25) is 0 Å². The second kappa shape index (κ2) is 8.78. The summed E-state index contributed by atoms with van der Waals surface area (Å²) in [4.78, 5) is 23.5. The van der Waals surface area contributed by atoms with E-state index in [1.807, 2.05) is 34.6 Å². The highest BCUT2D eigenvalue weighted by Crippen LogP contribution is 2.42. The van der Waals surface area contributed by atoms with Crippen molar-refractivity contribution < 1.29 is 14.3 Å². The van der Waals surface area contributed by atoms with Gasteiger partial charge in [0.25, 0.3) is 0 Å². The Morgan fingerprint density at radius 3 is 2.50 bits per heavy atom. The fraction of sp³-hybridized carbons (Fsp3) is 0.519. The van der Waals surface area contributed by atoms with Crippen LogP contribution in [-0.4, -0.2) is 46.0 Å². The van der Waals surface area contributed by atoms with Gasteiger partial charge >= 0.3 is 6.09 Å². The van der Waals surface area contributed by atoms with Crippen molar-refractivity contribution >= 4 is 17.1 Å². The van der Waals surface area contributed by atoms with E-state index in [1.165, 1.54) is 5.56 Å². The van der Waals surface area contributed by atoms with Crippen LogP contribution in [0.15, 0.2) is 18.2 Å². The Morgan fingerprint density at radius 2 is 1.82 bits per heavy atom. The Balaban J connectivity index is 1.85. The molecule has 0 aliphatic carbocycles. The predicted octanol–water partition coefficient (Wildman–Crippen LogP) is 5.04. The van der Waals surface area contributed by atoms with Crippen molar-refractivity contribution in [3.8, 4) is 11.3 Å². The van der Waals surface area contributed by atoms with E-state index in [-0.39, 0.29) is 12.0 Å². The SMILES string of the molecule is Cc1cc(-c2c(C3CCOCC3)c3nc4c(cc3n2C(=O)OC(C)(C)C)CCNC4)cc(C)n1. The van der Waals surface area contributed by atoms with E-state index in [4.69, 9.17) is 14.5 Å². The van der Waals surface area contributed by atoms with Crippen LogP contribution in [0.5, 0.6) is 0 Å². The smallest absolute Gasteiger partial charge is 0.419 e. The summed E-state index contributed by atoms with van der Waals surface area (Å²) in [6.07, 6.45) is 2.34. The van der Waals surface area contributed by atoms with Crippen LogP contribution in [0.25, 0.3) is 22.3 Å². The van der Waals surface area contributed by atoms with Crippen molar-refractivity contribution in [2.75, 3.05) is 19.8 Å². The lowest BCUT2D eigenvalue weighted by Crippen LogP contribution is -2.28. The number of aromatic nitrogens is 3. The second-order valence-corrected chi connectivity index (χ2v) is 10.5. The molecule has 0 spiro atoms. The lowest BCUT2D eigenvalue weighted by atomic mass is 9.88. The number of ether oxygens (including phenoxy) is 2. The second-order valence-electron chi connectivity index (χ2n) is 10.5. The summed E-state index contributed by atoms with van der Waals surface area (Å²) in [5.41, 5.74) is 8.22. The van der Waals surface area contributed by atoms with E-state index in [2.05, 4.69) is 28.5 Å². The lowest BCUT2D eigenvalue weighted by molar-refractivity contribution is 0.0546. The molecule has 1 fully saturated rings. The number of rotatable bonds is 2. The van der Waals surface area contributed by atoms with Gasteiger partial charge in [-0.1, -0.05) is 0 Å². The van der Waals surface area contributed by atoms with Gasteiger partial charge in [0.05, 0.1) is 22.4 Å². The molecule has 7 heteroatoms. The van der Waals surface area contributed by atoms with E-state index >= 15 is 0 Å². The Hall–Kier alpha value is -2.77. The number of hydrogen-bond donors (Lipinski definition) is 1. The van der Waals surface area contributed by atoms with E-state index < -0.39 is 5.60 Å². The minimum Gasteiger partial charge on any atom is -0.443 e.